The first kappa shape index (κ1) is 35.3. The van der Waals surface area contributed by atoms with E-state index < -0.39 is 42.6 Å². The quantitative estimate of drug-likeness (QED) is 0.131. The highest BCUT2D eigenvalue weighted by molar-refractivity contribution is 6.10. The molecule has 0 N–H and O–H groups in total. The number of hydrogen-bond acceptors (Lipinski definition) is 5. The van der Waals surface area contributed by atoms with Crippen molar-refractivity contribution < 1.29 is 49.0 Å². The zero-order chi connectivity index (χ0) is 37.6. The molecule has 15 heteroatoms. The van der Waals surface area contributed by atoms with Gasteiger partial charge in [0.1, 0.15) is 5.75 Å². The highest BCUT2D eigenvalue weighted by Crippen LogP contribution is 2.53. The van der Waals surface area contributed by atoms with Crippen LogP contribution in [0.2, 0.25) is 0 Å². The van der Waals surface area contributed by atoms with Gasteiger partial charge in [-0.15, -0.1) is 4.98 Å². The zero-order valence-electron chi connectivity index (χ0n) is 26.8. The fourth-order valence-electron chi connectivity index (χ4n) is 5.65. The molecule has 0 fully saturated rings. The summed E-state index contributed by atoms with van der Waals surface area (Å²) in [4.78, 5) is 11.9. The Morgan fingerprint density at radius 2 is 1.08 bits per heavy atom. The van der Waals surface area contributed by atoms with Crippen LogP contribution >= 0.6 is 0 Å². The van der Waals surface area contributed by atoms with Crippen molar-refractivity contribution in [3.05, 3.63) is 127 Å². The van der Waals surface area contributed by atoms with Gasteiger partial charge in [-0.05, 0) is 47.5 Å². The van der Waals surface area contributed by atoms with E-state index in [0.29, 0.717) is 5.52 Å². The average Bonchev–Trinajstić information content (AvgIpc) is 3.48. The van der Waals surface area contributed by atoms with Crippen LogP contribution < -0.4 is 9.47 Å². The van der Waals surface area contributed by atoms with Gasteiger partial charge in [0.05, 0.1) is 11.0 Å². The maximum atomic E-state index is 14.5. The second-order valence-corrected chi connectivity index (χ2v) is 11.8. The molecule has 0 aliphatic rings. The monoisotopic (exact) mass is 738 g/mol. The average molecular weight is 739 g/mol. The molecule has 0 spiro atoms. The van der Waals surface area contributed by atoms with Crippen LogP contribution in [0, 0.1) is 0 Å². The van der Waals surface area contributed by atoms with Crippen molar-refractivity contribution >= 4 is 21.8 Å². The summed E-state index contributed by atoms with van der Waals surface area (Å²) >= 11 is 0. The van der Waals surface area contributed by atoms with Crippen LogP contribution in [0.25, 0.3) is 50.0 Å². The van der Waals surface area contributed by atoms with Gasteiger partial charge in [-0.25, -0.2) is 0 Å². The molecule has 270 valence electrons. The molecule has 7 aromatic rings. The Hall–Kier alpha value is -6.12. The minimum atomic E-state index is -7.09. The SMILES string of the molecule is FC(F)(F)C(F)(F)C(F)(F)C(F)(F)COc1nc(Oc2ccc(-c3ccccc3)cc2)nc(-c2ccc3c4ccccc4n(-c4ccccc4)c3c2)n1. The molecule has 0 atom stereocenters. The summed E-state index contributed by atoms with van der Waals surface area (Å²) < 4.78 is 135. The summed E-state index contributed by atoms with van der Waals surface area (Å²) in [6.07, 6.45) is -6.99. The molecule has 0 aliphatic carbocycles. The lowest BCUT2D eigenvalue weighted by Gasteiger charge is -2.33. The first-order valence-corrected chi connectivity index (χ1v) is 15.7. The largest absolute Gasteiger partial charge is 0.460 e. The van der Waals surface area contributed by atoms with Crippen LogP contribution in [-0.4, -0.2) is 50.1 Å². The Balaban J connectivity index is 1.29. The predicted octanol–water partition coefficient (Wildman–Crippen LogP) is 10.9. The van der Waals surface area contributed by atoms with Crippen molar-refractivity contribution in [3.8, 4) is 46.0 Å². The van der Waals surface area contributed by atoms with E-state index in [2.05, 4.69) is 19.7 Å². The van der Waals surface area contributed by atoms with Crippen molar-refractivity contribution in [1.82, 2.24) is 19.5 Å². The summed E-state index contributed by atoms with van der Waals surface area (Å²) in [5.41, 5.74) is 4.20. The van der Waals surface area contributed by atoms with Crippen molar-refractivity contribution in [3.63, 3.8) is 0 Å². The van der Waals surface area contributed by atoms with Gasteiger partial charge in [-0.3, -0.25) is 0 Å². The van der Waals surface area contributed by atoms with E-state index in [9.17, 15) is 39.5 Å². The van der Waals surface area contributed by atoms with Crippen molar-refractivity contribution in [2.24, 2.45) is 0 Å². The number of hydrogen-bond donors (Lipinski definition) is 0. The third kappa shape index (κ3) is 6.47. The van der Waals surface area contributed by atoms with Gasteiger partial charge in [0.2, 0.25) is 0 Å². The number of rotatable bonds is 10. The Bertz CT molecular complexity index is 2400. The topological polar surface area (TPSA) is 62.1 Å². The zero-order valence-corrected chi connectivity index (χ0v) is 26.8. The number of fused-ring (bicyclic) bond motifs is 3. The van der Waals surface area contributed by atoms with Crippen molar-refractivity contribution in [2.75, 3.05) is 6.61 Å². The summed E-state index contributed by atoms with van der Waals surface area (Å²) in [6.45, 7) is -2.65. The molecule has 2 aromatic heterocycles. The molecular weight excluding hydrogens is 715 g/mol. The number of alkyl halides is 9. The molecule has 6 nitrogen and oxygen atoms in total. The fraction of sp³-hybridized carbons (Fsp3) is 0.132. The second kappa shape index (κ2) is 13.1. The Kier molecular flexibility index (Phi) is 8.75. The number of aromatic nitrogens is 4. The number of benzene rings is 5. The van der Waals surface area contributed by atoms with E-state index in [4.69, 9.17) is 4.74 Å². The first-order valence-electron chi connectivity index (χ1n) is 15.7. The van der Waals surface area contributed by atoms with Crippen LogP contribution in [0.1, 0.15) is 0 Å². The van der Waals surface area contributed by atoms with Crippen LogP contribution in [0.4, 0.5) is 39.5 Å². The van der Waals surface area contributed by atoms with Gasteiger partial charge in [0.15, 0.2) is 12.4 Å². The molecule has 2 heterocycles. The van der Waals surface area contributed by atoms with E-state index in [1.165, 1.54) is 12.1 Å². The van der Waals surface area contributed by atoms with E-state index in [1.54, 1.807) is 30.3 Å². The molecule has 0 amide bonds. The predicted molar refractivity (Wildman–Crippen MR) is 178 cm³/mol. The Morgan fingerprint density at radius 1 is 0.509 bits per heavy atom. The minimum Gasteiger partial charge on any atom is -0.457 e. The minimum absolute atomic E-state index is 0.133. The Morgan fingerprint density at radius 3 is 1.75 bits per heavy atom. The molecular formula is C38H23F9N4O2. The van der Waals surface area contributed by atoms with E-state index in [0.717, 1.165) is 33.1 Å². The molecule has 7 rings (SSSR count). The maximum Gasteiger partial charge on any atom is 0.460 e. The fourth-order valence-corrected chi connectivity index (χ4v) is 5.65. The molecule has 53 heavy (non-hydrogen) atoms. The van der Waals surface area contributed by atoms with E-state index in [-0.39, 0.29) is 17.1 Å². The highest BCUT2D eigenvalue weighted by atomic mass is 19.4. The third-order valence-corrected chi connectivity index (χ3v) is 8.30. The van der Waals surface area contributed by atoms with Crippen molar-refractivity contribution in [1.29, 1.82) is 0 Å². The van der Waals surface area contributed by atoms with Gasteiger partial charge < -0.3 is 14.0 Å². The molecule has 0 unspecified atom stereocenters. The summed E-state index contributed by atoms with van der Waals surface area (Å²) in [5.74, 6) is -20.2. The lowest BCUT2D eigenvalue weighted by atomic mass is 10.0. The Labute approximate surface area is 294 Å². The number of nitrogens with zero attached hydrogens (tertiary/aromatic N) is 4. The standard InChI is InChI=1S/C38H23F9N4O2/c39-35(40,36(41,42)37(43,44)38(45,46)47)22-52-33-48-32(49-34(50-33)53-27-18-15-24(16-19-27)23-9-3-1-4-10-23)25-17-20-29-28-13-7-8-14-30(28)51(31(29)21-25)26-11-5-2-6-12-26/h1-21H,22H2. The smallest absolute Gasteiger partial charge is 0.457 e. The van der Waals surface area contributed by atoms with Gasteiger partial charge in [0.25, 0.3) is 0 Å². The summed E-state index contributed by atoms with van der Waals surface area (Å²) in [5, 5.41) is 1.69. The summed E-state index contributed by atoms with van der Waals surface area (Å²) in [7, 11) is 0. The molecule has 5 aromatic carbocycles. The summed E-state index contributed by atoms with van der Waals surface area (Å²) in [6, 6.07) is 35.8. The highest BCUT2D eigenvalue weighted by Gasteiger charge is 2.82. The van der Waals surface area contributed by atoms with Gasteiger partial charge in [0, 0.05) is 22.0 Å². The van der Waals surface area contributed by atoms with Crippen LogP contribution in [0.5, 0.6) is 17.8 Å². The number of halogens is 9. The van der Waals surface area contributed by atoms with Crippen LogP contribution in [0.3, 0.4) is 0 Å². The molecule has 0 bridgehead atoms. The lowest BCUT2D eigenvalue weighted by Crippen LogP contribution is -2.62. The number of para-hydroxylation sites is 2. The van der Waals surface area contributed by atoms with Crippen molar-refractivity contribution in [2.45, 2.75) is 23.9 Å². The van der Waals surface area contributed by atoms with E-state index >= 15 is 0 Å². The van der Waals surface area contributed by atoms with Gasteiger partial charge in [-0.1, -0.05) is 91.0 Å². The van der Waals surface area contributed by atoms with Crippen LogP contribution in [-0.2, 0) is 0 Å². The second-order valence-electron chi connectivity index (χ2n) is 11.8. The van der Waals surface area contributed by atoms with E-state index in [1.807, 2.05) is 89.5 Å². The normalized spacial score (nSPS) is 12.7. The first-order chi connectivity index (χ1) is 25.2. The van der Waals surface area contributed by atoms with Gasteiger partial charge >= 0.3 is 36.0 Å². The molecule has 0 aliphatic heterocycles. The molecule has 0 saturated carbocycles. The van der Waals surface area contributed by atoms with Gasteiger partial charge in [-0.2, -0.15) is 49.5 Å². The maximum absolute atomic E-state index is 14.5. The molecule has 0 saturated heterocycles. The number of ether oxygens (including phenoxy) is 2. The lowest BCUT2D eigenvalue weighted by molar-refractivity contribution is -0.398. The molecule has 0 radical (unpaired) electrons. The van der Waals surface area contributed by atoms with Crippen LogP contribution in [0.15, 0.2) is 127 Å². The third-order valence-electron chi connectivity index (χ3n) is 8.30.